The van der Waals surface area contributed by atoms with Gasteiger partial charge in [0, 0.05) is 21.7 Å². The van der Waals surface area contributed by atoms with Crippen molar-refractivity contribution in [2.75, 3.05) is 0 Å². The molecule has 0 heterocycles. The average molecular weight is 1250 g/mol. The molecule has 94 heavy (non-hydrogen) atoms. The molecule has 16 rings (SSSR count). The fourth-order valence-corrected chi connectivity index (χ4v) is 27.8. The van der Waals surface area contributed by atoms with Crippen molar-refractivity contribution in [1.29, 1.82) is 0 Å². The van der Waals surface area contributed by atoms with Crippen LogP contribution in [0.2, 0.25) is 0 Å². The van der Waals surface area contributed by atoms with Gasteiger partial charge in [0.25, 0.3) is 0 Å². The molecule has 4 aliphatic rings. The quantitative estimate of drug-likeness (QED) is 0.0845. The van der Waals surface area contributed by atoms with Crippen molar-refractivity contribution in [3.63, 3.8) is 0 Å². The SMILES string of the molecule is CC(C)[C@@]1(C)c2ccccc2-c2ccc([Si](c3ccccc3)(c3ccccc3)c3ccc4c(c3)[C@](C)(C(C)C)c3ccccc3-4)cc21.CC(C)[C@]1(C)c2ccccc2-c2ccc([Si](c3ccccc3)(c3ccccc3)c3ccc4c(c3)[C@](C)(C(C)C)c3ccccc3-4)cc21. The van der Waals surface area contributed by atoms with E-state index < -0.39 is 16.1 Å². The smallest absolute Gasteiger partial charge is 0.0623 e. The van der Waals surface area contributed by atoms with Crippen molar-refractivity contribution >= 4 is 57.6 Å². The van der Waals surface area contributed by atoms with Gasteiger partial charge >= 0.3 is 0 Å². The van der Waals surface area contributed by atoms with Crippen LogP contribution in [-0.4, -0.2) is 16.1 Å². The fraction of sp³-hybridized carbons (Fsp3) is 0.217. The number of hydrogen-bond acceptors (Lipinski definition) is 0. The van der Waals surface area contributed by atoms with E-state index in [1.165, 1.54) is 131 Å². The second-order valence-electron chi connectivity index (χ2n) is 29.6. The van der Waals surface area contributed by atoms with Gasteiger partial charge in [-0.25, -0.2) is 0 Å². The predicted octanol–water partition coefficient (Wildman–Crippen LogP) is 17.9. The van der Waals surface area contributed by atoms with Crippen LogP contribution in [0, 0.1) is 23.7 Å². The molecule has 2 heteroatoms. The molecule has 464 valence electrons. The van der Waals surface area contributed by atoms with Crippen LogP contribution in [0.4, 0.5) is 0 Å². The molecule has 0 unspecified atom stereocenters. The average Bonchev–Trinajstić information content (AvgIpc) is 1.45. The van der Waals surface area contributed by atoms with Crippen LogP contribution in [-0.2, 0) is 21.7 Å². The van der Waals surface area contributed by atoms with E-state index in [1.807, 2.05) is 0 Å². The predicted molar refractivity (Wildman–Crippen MR) is 407 cm³/mol. The minimum absolute atomic E-state index is 0.0642. The van der Waals surface area contributed by atoms with Crippen molar-refractivity contribution in [3.8, 4) is 44.5 Å². The molecule has 0 aliphatic heterocycles. The molecular weight excluding hydrogens is 1160 g/mol. The Bertz CT molecular complexity index is 4250. The van der Waals surface area contributed by atoms with Gasteiger partial charge in [0.1, 0.15) is 0 Å². The van der Waals surface area contributed by atoms with Gasteiger partial charge in [-0.1, -0.05) is 374 Å². The number of rotatable bonds is 12. The van der Waals surface area contributed by atoms with E-state index in [2.05, 4.69) is 374 Å². The number of fused-ring (bicyclic) bond motifs is 12. The lowest BCUT2D eigenvalue weighted by Crippen LogP contribution is -2.75. The Morgan fingerprint density at radius 3 is 0.543 bits per heavy atom. The molecule has 4 atom stereocenters. The summed E-state index contributed by atoms with van der Waals surface area (Å²) in [4.78, 5) is 0. The summed E-state index contributed by atoms with van der Waals surface area (Å²) in [6, 6.07) is 112. The van der Waals surface area contributed by atoms with Gasteiger partial charge in [0.2, 0.25) is 0 Å². The lowest BCUT2D eigenvalue weighted by molar-refractivity contribution is 0.414. The first-order valence-electron chi connectivity index (χ1n) is 34.7. The number of benzene rings is 12. The molecule has 0 aromatic heterocycles. The van der Waals surface area contributed by atoms with Gasteiger partial charge in [-0.05, 0) is 154 Å². The summed E-state index contributed by atoms with van der Waals surface area (Å²) in [6.45, 7) is 29.0. The van der Waals surface area contributed by atoms with Crippen LogP contribution in [0.1, 0.15) is 128 Å². The second-order valence-corrected chi connectivity index (χ2v) is 37.2. The molecule has 4 aliphatic carbocycles. The van der Waals surface area contributed by atoms with E-state index in [0.717, 1.165) is 0 Å². The summed E-state index contributed by atoms with van der Waals surface area (Å²) in [5, 5.41) is 11.5. The molecule has 0 amide bonds. The first-order valence-corrected chi connectivity index (χ1v) is 38.7. The molecule has 0 bridgehead atoms. The summed E-state index contributed by atoms with van der Waals surface area (Å²) in [6.07, 6.45) is 0. The van der Waals surface area contributed by atoms with Gasteiger partial charge in [-0.15, -0.1) is 0 Å². The Labute approximate surface area is 562 Å². The molecule has 12 aromatic rings. The van der Waals surface area contributed by atoms with E-state index in [0.29, 0.717) is 23.7 Å². The Balaban J connectivity index is 0.000000155. The standard InChI is InChI=1S/2C46H44Si/c2*1-31(2)45(5)41-23-15-13-21-37(41)39-27-25-35(29-43(39)45)47(33-17-9-7-10-18-33,34-19-11-8-12-20-34)36-26-28-40-38-22-14-16-24-42(38)46(6,32(3)4)44(40)30-36/h2*7-32H,1-6H3/t45-,46+;45-,46-/m.1/s1. The molecule has 0 nitrogen and oxygen atoms in total. The van der Waals surface area contributed by atoms with Crippen molar-refractivity contribution in [1.82, 2.24) is 0 Å². The van der Waals surface area contributed by atoms with Gasteiger partial charge in [0.05, 0.1) is 0 Å². The van der Waals surface area contributed by atoms with E-state index in [9.17, 15) is 0 Å². The molecule has 0 saturated heterocycles. The third-order valence-corrected chi connectivity index (χ3v) is 34.1. The fourth-order valence-electron chi connectivity index (χ4n) is 18.3. The zero-order valence-corrected chi connectivity index (χ0v) is 59.0. The van der Waals surface area contributed by atoms with E-state index >= 15 is 0 Å². The highest BCUT2D eigenvalue weighted by atomic mass is 28.3. The topological polar surface area (TPSA) is 0 Å². The number of hydrogen-bond donors (Lipinski definition) is 0. The van der Waals surface area contributed by atoms with Crippen LogP contribution < -0.4 is 41.5 Å². The third kappa shape index (κ3) is 8.60. The zero-order chi connectivity index (χ0) is 65.1. The lowest BCUT2D eigenvalue weighted by atomic mass is 9.71. The maximum absolute atomic E-state index is 2.79. The highest BCUT2D eigenvalue weighted by molar-refractivity contribution is 7.20. The van der Waals surface area contributed by atoms with Crippen LogP contribution in [0.5, 0.6) is 0 Å². The highest BCUT2D eigenvalue weighted by Gasteiger charge is 2.51. The van der Waals surface area contributed by atoms with E-state index in [1.54, 1.807) is 0 Å². The van der Waals surface area contributed by atoms with Crippen molar-refractivity contribution in [3.05, 3.63) is 336 Å². The Kier molecular flexibility index (Phi) is 14.9. The first-order chi connectivity index (χ1) is 45.5. The summed E-state index contributed by atoms with van der Waals surface area (Å²) in [5.74, 6) is 1.81. The van der Waals surface area contributed by atoms with Crippen molar-refractivity contribution in [2.45, 2.75) is 105 Å². The normalized spacial score (nSPS) is 19.4. The lowest BCUT2D eigenvalue weighted by Gasteiger charge is -2.38. The Morgan fingerprint density at radius 2 is 0.351 bits per heavy atom. The summed E-state index contributed by atoms with van der Waals surface area (Å²) < 4.78 is 0. The third-order valence-electron chi connectivity index (χ3n) is 24.6. The van der Waals surface area contributed by atoms with Crippen LogP contribution >= 0.6 is 0 Å². The van der Waals surface area contributed by atoms with E-state index in [4.69, 9.17) is 0 Å². The summed E-state index contributed by atoms with van der Waals surface area (Å²) in [7, 11) is -5.57. The summed E-state index contributed by atoms with van der Waals surface area (Å²) in [5.41, 5.74) is 22.6. The van der Waals surface area contributed by atoms with Gasteiger partial charge in [-0.2, -0.15) is 0 Å². The van der Waals surface area contributed by atoms with Crippen molar-refractivity contribution in [2.24, 2.45) is 23.7 Å². The maximum atomic E-state index is 2.63. The second kappa shape index (κ2) is 22.9. The highest BCUT2D eigenvalue weighted by Crippen LogP contribution is 2.56. The molecule has 0 spiro atoms. The Hall–Kier alpha value is -8.93. The van der Waals surface area contributed by atoms with Crippen LogP contribution in [0.25, 0.3) is 44.5 Å². The van der Waals surface area contributed by atoms with Gasteiger partial charge in [-0.3, -0.25) is 0 Å². The van der Waals surface area contributed by atoms with Gasteiger partial charge < -0.3 is 0 Å². The van der Waals surface area contributed by atoms with E-state index in [-0.39, 0.29) is 21.7 Å². The van der Waals surface area contributed by atoms with Crippen LogP contribution in [0.15, 0.2) is 291 Å². The minimum atomic E-state index is -2.79. The molecular formula is C92H88Si2. The van der Waals surface area contributed by atoms with Crippen molar-refractivity contribution < 1.29 is 0 Å². The zero-order valence-electron chi connectivity index (χ0n) is 57.0. The van der Waals surface area contributed by atoms with Gasteiger partial charge in [0.15, 0.2) is 16.1 Å². The Morgan fingerprint density at radius 1 is 0.181 bits per heavy atom. The molecule has 0 radical (unpaired) electrons. The largest absolute Gasteiger partial charge is 0.179 e. The maximum Gasteiger partial charge on any atom is 0.179 e. The van der Waals surface area contributed by atoms with Crippen LogP contribution in [0.3, 0.4) is 0 Å². The molecule has 0 saturated carbocycles. The monoisotopic (exact) mass is 1250 g/mol. The molecule has 0 N–H and O–H groups in total. The first kappa shape index (κ1) is 61.3. The molecule has 0 fully saturated rings. The molecule has 12 aromatic carbocycles. The summed E-state index contributed by atoms with van der Waals surface area (Å²) >= 11 is 0. The minimum Gasteiger partial charge on any atom is -0.0623 e.